The summed E-state index contributed by atoms with van der Waals surface area (Å²) in [6, 6.07) is 10.1. The van der Waals surface area contributed by atoms with Gasteiger partial charge in [0.2, 0.25) is 0 Å². The van der Waals surface area contributed by atoms with E-state index in [0.29, 0.717) is 41.9 Å². The van der Waals surface area contributed by atoms with Crippen molar-refractivity contribution < 1.29 is 14.6 Å². The van der Waals surface area contributed by atoms with Gasteiger partial charge in [-0.05, 0) is 49.7 Å². The second kappa shape index (κ2) is 8.41. The predicted molar refractivity (Wildman–Crippen MR) is 106 cm³/mol. The first-order valence-corrected chi connectivity index (χ1v) is 9.39. The Labute approximate surface area is 165 Å². The third kappa shape index (κ3) is 4.23. The van der Waals surface area contributed by atoms with E-state index in [1.165, 1.54) is 0 Å². The Hall–Kier alpha value is -2.58. The molecule has 3 rings (SSSR count). The minimum atomic E-state index is -0.532. The number of rotatable bonds is 7. The standard InChI is InChI=1S/C19H21BrN4O3/c1-3-26-15-8-5-11(9-16(15)27-4-2)17(21)19-22-18(23-24-19)13-10-12(20)6-7-14(13)25/h5-10,17,25H,3-4,21H2,1-2H3,(H,22,23,24)/t17-/m0/s1. The van der Waals surface area contributed by atoms with Crippen LogP contribution in [0, 0.1) is 0 Å². The molecule has 7 nitrogen and oxygen atoms in total. The Morgan fingerprint density at radius 2 is 1.85 bits per heavy atom. The maximum Gasteiger partial charge on any atom is 0.184 e. The first-order valence-electron chi connectivity index (χ1n) is 8.59. The van der Waals surface area contributed by atoms with E-state index < -0.39 is 6.04 Å². The quantitative estimate of drug-likeness (QED) is 0.524. The fraction of sp³-hybridized carbons (Fsp3) is 0.263. The van der Waals surface area contributed by atoms with E-state index in [9.17, 15) is 5.11 Å². The molecule has 1 aromatic heterocycles. The molecule has 0 saturated carbocycles. The SMILES string of the molecule is CCOc1ccc([C@H](N)c2nc(-c3cc(Br)ccc3O)n[nH]2)cc1OCC. The molecule has 0 aliphatic heterocycles. The van der Waals surface area contributed by atoms with Crippen molar-refractivity contribution in [3.8, 4) is 28.6 Å². The summed E-state index contributed by atoms with van der Waals surface area (Å²) < 4.78 is 12.1. The molecule has 4 N–H and O–H groups in total. The third-order valence-corrected chi connectivity index (χ3v) is 4.42. The highest BCUT2D eigenvalue weighted by atomic mass is 79.9. The second-order valence-corrected chi connectivity index (χ2v) is 6.67. The summed E-state index contributed by atoms with van der Waals surface area (Å²) in [4.78, 5) is 4.45. The predicted octanol–water partition coefficient (Wildman–Crippen LogP) is 3.79. The molecule has 0 spiro atoms. The summed E-state index contributed by atoms with van der Waals surface area (Å²) in [5.41, 5.74) is 7.69. The number of aromatic nitrogens is 3. The molecule has 0 aliphatic carbocycles. The lowest BCUT2D eigenvalue weighted by atomic mass is 10.1. The number of halogens is 1. The molecule has 0 saturated heterocycles. The maximum absolute atomic E-state index is 10.1. The molecule has 27 heavy (non-hydrogen) atoms. The van der Waals surface area contributed by atoms with Gasteiger partial charge in [-0.1, -0.05) is 22.0 Å². The largest absolute Gasteiger partial charge is 0.507 e. The van der Waals surface area contributed by atoms with Crippen LogP contribution in [0.15, 0.2) is 40.9 Å². The molecule has 0 amide bonds. The van der Waals surface area contributed by atoms with Crippen molar-refractivity contribution in [3.63, 3.8) is 0 Å². The normalized spacial score (nSPS) is 12.0. The van der Waals surface area contributed by atoms with Gasteiger partial charge in [-0.2, -0.15) is 5.10 Å². The van der Waals surface area contributed by atoms with Crippen LogP contribution in [0.1, 0.15) is 31.3 Å². The molecule has 8 heteroatoms. The summed E-state index contributed by atoms with van der Waals surface area (Å²) in [5.74, 6) is 2.26. The van der Waals surface area contributed by atoms with Gasteiger partial charge in [0.1, 0.15) is 11.6 Å². The smallest absolute Gasteiger partial charge is 0.184 e. The Morgan fingerprint density at radius 1 is 1.11 bits per heavy atom. The first-order chi connectivity index (χ1) is 13.0. The van der Waals surface area contributed by atoms with Gasteiger partial charge in [-0.3, -0.25) is 5.10 Å². The average Bonchev–Trinajstić information content (AvgIpc) is 3.15. The van der Waals surface area contributed by atoms with Crippen molar-refractivity contribution in [2.45, 2.75) is 19.9 Å². The summed E-state index contributed by atoms with van der Waals surface area (Å²) in [7, 11) is 0. The lowest BCUT2D eigenvalue weighted by molar-refractivity contribution is 0.287. The van der Waals surface area contributed by atoms with Crippen LogP contribution in [0.25, 0.3) is 11.4 Å². The monoisotopic (exact) mass is 432 g/mol. The van der Waals surface area contributed by atoms with Crippen LogP contribution < -0.4 is 15.2 Å². The van der Waals surface area contributed by atoms with E-state index in [2.05, 4.69) is 31.1 Å². The average molecular weight is 433 g/mol. The number of nitrogens with one attached hydrogen (secondary N) is 1. The molecule has 0 aliphatic rings. The van der Waals surface area contributed by atoms with Gasteiger partial charge in [0, 0.05) is 4.47 Å². The Balaban J connectivity index is 1.90. The molecular formula is C19H21BrN4O3. The fourth-order valence-electron chi connectivity index (χ4n) is 2.64. The minimum Gasteiger partial charge on any atom is -0.507 e. The zero-order valence-corrected chi connectivity index (χ0v) is 16.7. The van der Waals surface area contributed by atoms with Crippen LogP contribution in [0.5, 0.6) is 17.2 Å². The number of benzene rings is 2. The summed E-state index contributed by atoms with van der Waals surface area (Å²) in [6.45, 7) is 4.90. The summed E-state index contributed by atoms with van der Waals surface area (Å²) in [5, 5.41) is 17.1. The van der Waals surface area contributed by atoms with Crippen LogP contribution in [-0.4, -0.2) is 33.5 Å². The van der Waals surface area contributed by atoms with E-state index in [1.54, 1.807) is 18.2 Å². The molecule has 1 atom stereocenters. The van der Waals surface area contributed by atoms with E-state index in [-0.39, 0.29) is 5.75 Å². The molecule has 0 bridgehead atoms. The van der Waals surface area contributed by atoms with Gasteiger partial charge in [-0.25, -0.2) is 4.98 Å². The summed E-state index contributed by atoms with van der Waals surface area (Å²) >= 11 is 3.38. The number of phenols is 1. The fourth-order valence-corrected chi connectivity index (χ4v) is 3.00. The number of aromatic hydroxyl groups is 1. The molecular weight excluding hydrogens is 412 g/mol. The van der Waals surface area contributed by atoms with Gasteiger partial charge in [-0.15, -0.1) is 0 Å². The molecule has 0 fully saturated rings. The number of nitrogens with zero attached hydrogens (tertiary/aromatic N) is 2. The molecule has 3 aromatic rings. The first kappa shape index (κ1) is 19.2. The van der Waals surface area contributed by atoms with Gasteiger partial charge in [0.25, 0.3) is 0 Å². The van der Waals surface area contributed by atoms with Crippen LogP contribution in [-0.2, 0) is 0 Å². The van der Waals surface area contributed by atoms with Gasteiger partial charge < -0.3 is 20.3 Å². The van der Waals surface area contributed by atoms with E-state index in [4.69, 9.17) is 15.2 Å². The van der Waals surface area contributed by atoms with Crippen LogP contribution >= 0.6 is 15.9 Å². The topological polar surface area (TPSA) is 106 Å². The van der Waals surface area contributed by atoms with Crippen molar-refractivity contribution in [2.75, 3.05) is 13.2 Å². The number of H-pyrrole nitrogens is 1. The Kier molecular flexibility index (Phi) is 5.98. The van der Waals surface area contributed by atoms with Crippen molar-refractivity contribution >= 4 is 15.9 Å². The molecule has 1 heterocycles. The van der Waals surface area contributed by atoms with Crippen molar-refractivity contribution in [3.05, 3.63) is 52.3 Å². The van der Waals surface area contributed by atoms with Crippen LogP contribution in [0.4, 0.5) is 0 Å². The van der Waals surface area contributed by atoms with Gasteiger partial charge >= 0.3 is 0 Å². The second-order valence-electron chi connectivity index (χ2n) is 5.76. The molecule has 0 radical (unpaired) electrons. The van der Waals surface area contributed by atoms with E-state index in [1.807, 2.05) is 32.0 Å². The lowest BCUT2D eigenvalue weighted by Crippen LogP contribution is -2.14. The third-order valence-electron chi connectivity index (χ3n) is 3.92. The maximum atomic E-state index is 10.1. The molecule has 0 unspecified atom stereocenters. The number of nitrogens with two attached hydrogens (primary N) is 1. The van der Waals surface area contributed by atoms with Crippen LogP contribution in [0.2, 0.25) is 0 Å². The number of ether oxygens (including phenoxy) is 2. The molecule has 2 aromatic carbocycles. The Bertz CT molecular complexity index is 929. The van der Waals surface area contributed by atoms with Crippen molar-refractivity contribution in [1.82, 2.24) is 15.2 Å². The minimum absolute atomic E-state index is 0.0945. The Morgan fingerprint density at radius 3 is 2.59 bits per heavy atom. The van der Waals surface area contributed by atoms with E-state index >= 15 is 0 Å². The van der Waals surface area contributed by atoms with E-state index in [0.717, 1.165) is 10.0 Å². The highest BCUT2D eigenvalue weighted by Crippen LogP contribution is 2.33. The zero-order valence-electron chi connectivity index (χ0n) is 15.1. The summed E-state index contributed by atoms with van der Waals surface area (Å²) in [6.07, 6.45) is 0. The lowest BCUT2D eigenvalue weighted by Gasteiger charge is -2.14. The highest BCUT2D eigenvalue weighted by molar-refractivity contribution is 9.10. The van der Waals surface area contributed by atoms with Crippen molar-refractivity contribution in [2.24, 2.45) is 5.73 Å². The number of hydrogen-bond donors (Lipinski definition) is 3. The van der Waals surface area contributed by atoms with Crippen molar-refractivity contribution in [1.29, 1.82) is 0 Å². The molecule has 142 valence electrons. The zero-order chi connectivity index (χ0) is 19.4. The number of aromatic amines is 1. The van der Waals surface area contributed by atoms with Gasteiger partial charge in [0.05, 0.1) is 24.8 Å². The number of phenolic OH excluding ortho intramolecular Hbond substituents is 1. The van der Waals surface area contributed by atoms with Crippen LogP contribution in [0.3, 0.4) is 0 Å². The highest BCUT2D eigenvalue weighted by Gasteiger charge is 2.18. The number of hydrogen-bond acceptors (Lipinski definition) is 6. The van der Waals surface area contributed by atoms with Gasteiger partial charge in [0.15, 0.2) is 17.3 Å².